The molecule has 0 atom stereocenters. The number of anilines is 1. The molecule has 0 saturated heterocycles. The zero-order valence-corrected chi connectivity index (χ0v) is 13.2. The van der Waals surface area contributed by atoms with Gasteiger partial charge in [0, 0.05) is 21.7 Å². The van der Waals surface area contributed by atoms with E-state index in [9.17, 15) is 4.79 Å². The van der Waals surface area contributed by atoms with Gasteiger partial charge in [0.15, 0.2) is 11.5 Å². The molecule has 2 aromatic carbocycles. The van der Waals surface area contributed by atoms with Gasteiger partial charge >= 0.3 is 0 Å². The minimum Gasteiger partial charge on any atom is -0.486 e. The van der Waals surface area contributed by atoms with Crippen LogP contribution in [0.15, 0.2) is 47.4 Å². The number of carbonyl (C=O) groups is 1. The Bertz CT molecular complexity index is 676. The summed E-state index contributed by atoms with van der Waals surface area (Å²) in [5, 5.41) is 3.54. The van der Waals surface area contributed by atoms with Crippen LogP contribution in [-0.2, 0) is 4.79 Å². The summed E-state index contributed by atoms with van der Waals surface area (Å²) in [6.07, 6.45) is 0. The molecule has 0 radical (unpaired) electrons. The highest BCUT2D eigenvalue weighted by molar-refractivity contribution is 8.00. The fourth-order valence-corrected chi connectivity index (χ4v) is 2.82. The van der Waals surface area contributed by atoms with Crippen LogP contribution in [0.1, 0.15) is 0 Å². The molecule has 2 aromatic rings. The van der Waals surface area contributed by atoms with E-state index in [1.807, 2.05) is 24.3 Å². The topological polar surface area (TPSA) is 47.6 Å². The number of carbonyl (C=O) groups excluding carboxylic acids is 1. The molecule has 0 bridgehead atoms. The number of halogens is 1. The van der Waals surface area contributed by atoms with Crippen LogP contribution in [0.5, 0.6) is 11.5 Å². The van der Waals surface area contributed by atoms with E-state index in [-0.39, 0.29) is 5.91 Å². The Kier molecular flexibility index (Phi) is 4.75. The maximum Gasteiger partial charge on any atom is 0.234 e. The zero-order valence-electron chi connectivity index (χ0n) is 11.7. The van der Waals surface area contributed by atoms with E-state index in [1.165, 1.54) is 11.8 Å². The molecular weight excluding hydrogens is 322 g/mol. The first-order chi connectivity index (χ1) is 10.7. The number of hydrogen-bond acceptors (Lipinski definition) is 4. The van der Waals surface area contributed by atoms with Crippen LogP contribution in [0.3, 0.4) is 0 Å². The number of fused-ring (bicyclic) bond motifs is 1. The average molecular weight is 336 g/mol. The predicted molar refractivity (Wildman–Crippen MR) is 88.2 cm³/mol. The van der Waals surface area contributed by atoms with Gasteiger partial charge in [-0.2, -0.15) is 0 Å². The van der Waals surface area contributed by atoms with Crippen molar-refractivity contribution in [3.8, 4) is 11.5 Å². The van der Waals surface area contributed by atoms with Gasteiger partial charge in [-0.25, -0.2) is 0 Å². The Hall–Kier alpha value is -1.85. The van der Waals surface area contributed by atoms with Crippen molar-refractivity contribution in [3.63, 3.8) is 0 Å². The van der Waals surface area contributed by atoms with E-state index in [4.69, 9.17) is 21.1 Å². The van der Waals surface area contributed by atoms with E-state index in [1.54, 1.807) is 18.2 Å². The van der Waals surface area contributed by atoms with Crippen LogP contribution in [0.4, 0.5) is 5.69 Å². The van der Waals surface area contributed by atoms with Crippen molar-refractivity contribution in [2.24, 2.45) is 0 Å². The van der Waals surface area contributed by atoms with Crippen molar-refractivity contribution < 1.29 is 14.3 Å². The first-order valence-corrected chi connectivity index (χ1v) is 8.15. The fraction of sp³-hybridized carbons (Fsp3) is 0.188. The summed E-state index contributed by atoms with van der Waals surface area (Å²) in [4.78, 5) is 13.0. The molecule has 0 fully saturated rings. The Morgan fingerprint density at radius 2 is 1.82 bits per heavy atom. The van der Waals surface area contributed by atoms with E-state index in [2.05, 4.69) is 5.32 Å². The SMILES string of the molecule is O=C(CSc1ccc(Cl)cc1)Nc1ccc2c(c1)OCCO2. The highest BCUT2D eigenvalue weighted by Crippen LogP contribution is 2.32. The summed E-state index contributed by atoms with van der Waals surface area (Å²) in [6.45, 7) is 1.08. The third-order valence-corrected chi connectivity index (χ3v) is 4.27. The van der Waals surface area contributed by atoms with Crippen molar-refractivity contribution >= 4 is 35.0 Å². The largest absolute Gasteiger partial charge is 0.486 e. The second kappa shape index (κ2) is 6.94. The zero-order chi connectivity index (χ0) is 15.4. The molecule has 0 unspecified atom stereocenters. The lowest BCUT2D eigenvalue weighted by Gasteiger charge is -2.19. The Labute approximate surface area is 137 Å². The molecule has 22 heavy (non-hydrogen) atoms. The minimum absolute atomic E-state index is 0.0726. The monoisotopic (exact) mass is 335 g/mol. The molecule has 1 aliphatic heterocycles. The van der Waals surface area contributed by atoms with Crippen LogP contribution in [0.25, 0.3) is 0 Å². The summed E-state index contributed by atoms with van der Waals surface area (Å²) in [5.41, 5.74) is 0.700. The molecule has 6 heteroatoms. The minimum atomic E-state index is -0.0726. The number of amides is 1. The average Bonchev–Trinajstić information content (AvgIpc) is 2.54. The van der Waals surface area contributed by atoms with Crippen LogP contribution in [0, 0.1) is 0 Å². The molecule has 1 heterocycles. The van der Waals surface area contributed by atoms with E-state index >= 15 is 0 Å². The predicted octanol–water partition coefficient (Wildman–Crippen LogP) is 3.84. The van der Waals surface area contributed by atoms with Gasteiger partial charge in [0.2, 0.25) is 5.91 Å². The van der Waals surface area contributed by atoms with Gasteiger partial charge in [-0.1, -0.05) is 11.6 Å². The van der Waals surface area contributed by atoms with Gasteiger partial charge in [0.05, 0.1) is 5.75 Å². The molecule has 1 amide bonds. The van der Waals surface area contributed by atoms with Gasteiger partial charge in [-0.15, -0.1) is 11.8 Å². The summed E-state index contributed by atoms with van der Waals surface area (Å²) in [7, 11) is 0. The third kappa shape index (κ3) is 3.87. The molecule has 4 nitrogen and oxygen atoms in total. The second-order valence-electron chi connectivity index (χ2n) is 4.65. The van der Waals surface area contributed by atoms with Gasteiger partial charge in [-0.05, 0) is 36.4 Å². The molecule has 0 spiro atoms. The standard InChI is InChI=1S/C16H14ClNO3S/c17-11-1-4-13(5-2-11)22-10-16(19)18-12-3-6-14-15(9-12)21-8-7-20-14/h1-6,9H,7-8,10H2,(H,18,19). The Balaban J connectivity index is 1.56. The number of benzene rings is 2. The van der Waals surface area contributed by atoms with E-state index in [0.717, 1.165) is 4.90 Å². The van der Waals surface area contributed by atoms with E-state index in [0.29, 0.717) is 41.2 Å². The maximum atomic E-state index is 12.0. The number of thioether (sulfide) groups is 1. The normalized spacial score (nSPS) is 12.8. The molecule has 3 rings (SSSR count). The van der Waals surface area contributed by atoms with Gasteiger partial charge in [0.25, 0.3) is 0 Å². The van der Waals surface area contributed by atoms with Gasteiger partial charge in [0.1, 0.15) is 13.2 Å². The van der Waals surface area contributed by atoms with Crippen LogP contribution < -0.4 is 14.8 Å². The van der Waals surface area contributed by atoms with Gasteiger partial charge in [-0.3, -0.25) is 4.79 Å². The number of rotatable bonds is 4. The maximum absolute atomic E-state index is 12.0. The lowest BCUT2D eigenvalue weighted by atomic mass is 10.2. The summed E-state index contributed by atoms with van der Waals surface area (Å²) >= 11 is 7.29. The molecule has 1 N–H and O–H groups in total. The number of ether oxygens (including phenoxy) is 2. The van der Waals surface area contributed by atoms with Crippen molar-refractivity contribution in [2.75, 3.05) is 24.3 Å². The van der Waals surface area contributed by atoms with Crippen LogP contribution in [-0.4, -0.2) is 24.9 Å². The van der Waals surface area contributed by atoms with Crippen molar-refractivity contribution in [3.05, 3.63) is 47.5 Å². The smallest absolute Gasteiger partial charge is 0.234 e. The molecule has 0 aliphatic carbocycles. The third-order valence-electron chi connectivity index (χ3n) is 3.01. The fourth-order valence-electron chi connectivity index (χ4n) is 2.00. The first-order valence-electron chi connectivity index (χ1n) is 6.78. The molecular formula is C16H14ClNO3S. The molecule has 0 aromatic heterocycles. The lowest BCUT2D eigenvalue weighted by Crippen LogP contribution is -2.17. The Morgan fingerprint density at radius 3 is 2.59 bits per heavy atom. The molecule has 114 valence electrons. The Morgan fingerprint density at radius 1 is 1.09 bits per heavy atom. The summed E-state index contributed by atoms with van der Waals surface area (Å²) in [5.74, 6) is 1.63. The summed E-state index contributed by atoms with van der Waals surface area (Å²) in [6, 6.07) is 12.8. The van der Waals surface area contributed by atoms with Crippen molar-refractivity contribution in [1.29, 1.82) is 0 Å². The highest BCUT2D eigenvalue weighted by atomic mass is 35.5. The van der Waals surface area contributed by atoms with Gasteiger partial charge < -0.3 is 14.8 Å². The summed E-state index contributed by atoms with van der Waals surface area (Å²) < 4.78 is 10.9. The highest BCUT2D eigenvalue weighted by Gasteiger charge is 2.12. The van der Waals surface area contributed by atoms with E-state index < -0.39 is 0 Å². The van der Waals surface area contributed by atoms with Crippen LogP contribution in [0.2, 0.25) is 5.02 Å². The lowest BCUT2D eigenvalue weighted by molar-refractivity contribution is -0.113. The second-order valence-corrected chi connectivity index (χ2v) is 6.13. The van der Waals surface area contributed by atoms with Crippen molar-refractivity contribution in [1.82, 2.24) is 0 Å². The van der Waals surface area contributed by atoms with Crippen LogP contribution >= 0.6 is 23.4 Å². The number of nitrogens with one attached hydrogen (secondary N) is 1. The van der Waals surface area contributed by atoms with Crippen molar-refractivity contribution in [2.45, 2.75) is 4.90 Å². The quantitative estimate of drug-likeness (QED) is 0.862. The number of hydrogen-bond donors (Lipinski definition) is 1. The molecule has 0 saturated carbocycles. The molecule has 1 aliphatic rings. The first kappa shape index (κ1) is 15.1.